The molecule has 5 aliphatic rings. The topological polar surface area (TPSA) is 209 Å². The highest BCUT2D eigenvalue weighted by molar-refractivity contribution is 6.02. The van der Waals surface area contributed by atoms with Gasteiger partial charge in [0.1, 0.15) is 11.4 Å². The fraction of sp³-hybridized carbons (Fsp3) is 0.591. The second-order valence-electron chi connectivity index (χ2n) is 18.3. The molecular formula is C44H60N4O7. The van der Waals surface area contributed by atoms with Crippen molar-refractivity contribution in [2.75, 3.05) is 20.1 Å². The number of ketones is 2. The van der Waals surface area contributed by atoms with E-state index in [2.05, 4.69) is 17.2 Å². The van der Waals surface area contributed by atoms with Gasteiger partial charge in [0.2, 0.25) is 0 Å². The van der Waals surface area contributed by atoms with E-state index in [1.165, 1.54) is 6.08 Å². The lowest BCUT2D eigenvalue weighted by Crippen LogP contribution is -2.69. The second-order valence-corrected chi connectivity index (χ2v) is 18.3. The lowest BCUT2D eigenvalue weighted by atomic mass is 9.36. The number of fused-ring (bicyclic) bond motifs is 2. The molecule has 0 saturated heterocycles. The van der Waals surface area contributed by atoms with Crippen LogP contribution in [0.4, 0.5) is 0 Å². The van der Waals surface area contributed by atoms with Crippen molar-refractivity contribution in [3.63, 3.8) is 0 Å². The Bertz CT molecular complexity index is 1900. The van der Waals surface area contributed by atoms with Gasteiger partial charge in [0, 0.05) is 58.6 Å². The molecule has 0 amide bonds. The van der Waals surface area contributed by atoms with Gasteiger partial charge in [0.05, 0.1) is 11.7 Å². The van der Waals surface area contributed by atoms with Crippen molar-refractivity contribution in [3.05, 3.63) is 76.9 Å². The first-order valence-electron chi connectivity index (χ1n) is 19.7. The number of aliphatic carboxylic acids is 1. The second kappa shape index (κ2) is 13.9. The minimum Gasteiger partial charge on any atom is -0.478 e. The largest absolute Gasteiger partial charge is 0.478 e. The fourth-order valence-electron chi connectivity index (χ4n) is 12.3. The third kappa shape index (κ3) is 5.99. The number of allylic oxidation sites excluding steroid dienone is 1. The van der Waals surface area contributed by atoms with Crippen LogP contribution in [0.3, 0.4) is 0 Å². The molecule has 2 saturated carbocycles. The van der Waals surface area contributed by atoms with E-state index in [-0.39, 0.29) is 48.9 Å². The van der Waals surface area contributed by atoms with Crippen molar-refractivity contribution < 1.29 is 34.8 Å². The molecule has 0 spiro atoms. The van der Waals surface area contributed by atoms with Gasteiger partial charge in [-0.1, -0.05) is 90.1 Å². The zero-order valence-electron chi connectivity index (χ0n) is 33.3. The van der Waals surface area contributed by atoms with Crippen molar-refractivity contribution in [2.45, 2.75) is 91.0 Å². The minimum atomic E-state index is -1.71. The highest BCUT2D eigenvalue weighted by Gasteiger charge is 2.78. The molecule has 6 rings (SSSR count). The molecule has 0 aromatic heterocycles. The third-order valence-electron chi connectivity index (χ3n) is 15.2. The molecule has 0 aliphatic heterocycles. The Hall–Kier alpha value is -3.90. The molecule has 0 radical (unpaired) electrons. The molecule has 1 aromatic rings. The van der Waals surface area contributed by atoms with Gasteiger partial charge in [-0.25, -0.2) is 4.79 Å². The Kier molecular flexibility index (Phi) is 10.3. The number of nitrogens with zero attached hydrogens (tertiary/aromatic N) is 1. The van der Waals surface area contributed by atoms with Crippen molar-refractivity contribution in [3.8, 4) is 0 Å². The Morgan fingerprint density at radius 3 is 2.36 bits per heavy atom. The first kappa shape index (κ1) is 40.8. The summed E-state index contributed by atoms with van der Waals surface area (Å²) in [7, 11) is 1.72. The number of benzene rings is 1. The lowest BCUT2D eigenvalue weighted by molar-refractivity contribution is -0.162. The summed E-state index contributed by atoms with van der Waals surface area (Å²) in [6.45, 7) is 12.3. The number of guanidine groups is 1. The van der Waals surface area contributed by atoms with Gasteiger partial charge in [-0.05, 0) is 79.3 Å². The zero-order valence-corrected chi connectivity index (χ0v) is 33.3. The maximum atomic E-state index is 15.1. The van der Waals surface area contributed by atoms with Crippen LogP contribution in [0.25, 0.3) is 6.08 Å². The van der Waals surface area contributed by atoms with E-state index >= 15 is 4.79 Å². The van der Waals surface area contributed by atoms with E-state index in [9.17, 15) is 30.0 Å². The average Bonchev–Trinajstić information content (AvgIpc) is 3.30. The van der Waals surface area contributed by atoms with Gasteiger partial charge < -0.3 is 37.2 Å². The summed E-state index contributed by atoms with van der Waals surface area (Å²) < 4.78 is 0. The molecule has 0 unspecified atom stereocenters. The number of rotatable bonds is 12. The standard InChI is InChI=1S/C44H60N4O7/c1-25(28(24-48-38(45)46)31(49)21-27(37(52)53)16-20-47-7)30-22-43(54)18-19-44(55)29(14-13-26-11-9-8-10-12-26)35-39(2,3)33(51)15-17-40(35,4)34-32(50)23-41(30,5)42(43,6)36(34)44/h8-14,18-19,21,25,28-31,35,47,49,54-55H,15-17,20,22-24H2,1-7H3,(H,52,53)(H4,45,46,48)/b14-13+,27-21+/t25-,28-,29+,30-,31-,35-,40-,41-,42+,43+,44-/m1/s1. The number of carboxylic acids is 1. The van der Waals surface area contributed by atoms with Gasteiger partial charge in [-0.15, -0.1) is 0 Å². The SMILES string of the molecule is CNCC/C(=C\[C@@H](O)[C@H](CN=C(N)N)[C@@H](C)[C@H]1C[C@@]2(O)C=C[C@]3(O)C4=C(C(=O)C[C@@]1(C)[C@]42C)[C@@]1(C)CCC(=O)C(C)(C)[C@H]1[C@@H]3/C=C/c1ccccc1)C(=O)O. The van der Waals surface area contributed by atoms with E-state index in [1.807, 2.05) is 77.1 Å². The van der Waals surface area contributed by atoms with Crippen molar-refractivity contribution in [1.29, 1.82) is 0 Å². The number of Topliss-reactive ketones (excluding diaryl/α,β-unsaturated/α-hetero) is 2. The predicted octanol–water partition coefficient (Wildman–Crippen LogP) is 4.18. The Balaban J connectivity index is 1.54. The molecule has 298 valence electrons. The number of hydrogen-bond acceptors (Lipinski definition) is 8. The van der Waals surface area contributed by atoms with Crippen LogP contribution in [0.5, 0.6) is 0 Å². The van der Waals surface area contributed by atoms with Crippen molar-refractivity contribution in [1.82, 2.24) is 5.32 Å². The molecule has 0 bridgehead atoms. The summed E-state index contributed by atoms with van der Waals surface area (Å²) >= 11 is 0. The molecule has 11 atom stereocenters. The van der Waals surface area contributed by atoms with Gasteiger partial charge in [-0.2, -0.15) is 0 Å². The van der Waals surface area contributed by atoms with E-state index in [0.717, 1.165) is 5.56 Å². The monoisotopic (exact) mass is 756 g/mol. The number of carboxylic acid groups (broad SMARTS) is 1. The molecule has 11 heteroatoms. The highest BCUT2D eigenvalue weighted by atomic mass is 16.4. The van der Waals surface area contributed by atoms with Crippen LogP contribution >= 0.6 is 0 Å². The predicted molar refractivity (Wildman–Crippen MR) is 212 cm³/mol. The smallest absolute Gasteiger partial charge is 0.331 e. The van der Waals surface area contributed by atoms with E-state index in [0.29, 0.717) is 30.5 Å². The fourth-order valence-corrected chi connectivity index (χ4v) is 12.3. The molecule has 9 N–H and O–H groups in total. The number of nitrogens with two attached hydrogens (primary N) is 2. The number of carbonyl (C=O) groups excluding carboxylic acids is 2. The third-order valence-corrected chi connectivity index (χ3v) is 15.2. The number of aliphatic hydroxyl groups excluding tert-OH is 1. The normalized spacial score (nSPS) is 38.0. The summed E-state index contributed by atoms with van der Waals surface area (Å²) in [6, 6.07) is 9.78. The number of aliphatic imine (C=N–C) groups is 1. The summed E-state index contributed by atoms with van der Waals surface area (Å²) in [5.41, 5.74) is 6.68. The molecule has 11 nitrogen and oxygen atoms in total. The molecule has 5 aliphatic carbocycles. The number of nitrogens with one attached hydrogen (secondary N) is 1. The maximum Gasteiger partial charge on any atom is 0.331 e. The van der Waals surface area contributed by atoms with Crippen LogP contribution in [0.2, 0.25) is 0 Å². The van der Waals surface area contributed by atoms with E-state index in [4.69, 9.17) is 11.5 Å². The first-order valence-corrected chi connectivity index (χ1v) is 19.7. The first-order chi connectivity index (χ1) is 25.6. The van der Waals surface area contributed by atoms with Crippen molar-refractivity contribution in [2.24, 2.45) is 67.7 Å². The molecule has 1 aromatic carbocycles. The summed E-state index contributed by atoms with van der Waals surface area (Å²) in [4.78, 5) is 45.4. The van der Waals surface area contributed by atoms with Gasteiger partial charge in [-0.3, -0.25) is 14.6 Å². The van der Waals surface area contributed by atoms with Crippen molar-refractivity contribution >= 4 is 29.6 Å². The van der Waals surface area contributed by atoms with Crippen LogP contribution in [0.1, 0.15) is 79.2 Å². The number of hydrogen-bond donors (Lipinski definition) is 7. The summed E-state index contributed by atoms with van der Waals surface area (Å²) in [6.07, 6.45) is 8.71. The van der Waals surface area contributed by atoms with Crippen LogP contribution in [-0.2, 0) is 14.4 Å². The molecule has 55 heavy (non-hydrogen) atoms. The van der Waals surface area contributed by atoms with Crippen LogP contribution in [-0.4, -0.2) is 81.4 Å². The quantitative estimate of drug-likeness (QED) is 0.0701. The minimum absolute atomic E-state index is 0.0152. The Morgan fingerprint density at radius 1 is 1.07 bits per heavy atom. The van der Waals surface area contributed by atoms with Crippen LogP contribution in [0, 0.1) is 51.2 Å². The summed E-state index contributed by atoms with van der Waals surface area (Å²) in [5.74, 6) is -3.90. The van der Waals surface area contributed by atoms with Crippen LogP contribution < -0.4 is 16.8 Å². The molecule has 0 heterocycles. The van der Waals surface area contributed by atoms with Crippen LogP contribution in [0.15, 0.2) is 76.3 Å². The summed E-state index contributed by atoms with van der Waals surface area (Å²) in [5, 5.41) is 51.2. The van der Waals surface area contributed by atoms with E-state index in [1.54, 1.807) is 19.2 Å². The highest BCUT2D eigenvalue weighted by Crippen LogP contribution is 2.78. The van der Waals surface area contributed by atoms with E-state index < -0.39 is 74.5 Å². The zero-order chi connectivity index (χ0) is 40.5. The van der Waals surface area contributed by atoms with Gasteiger partial charge >= 0.3 is 5.97 Å². The van der Waals surface area contributed by atoms with Gasteiger partial charge in [0.15, 0.2) is 11.7 Å². The molecular weight excluding hydrogens is 697 g/mol. The maximum absolute atomic E-state index is 15.1. The Morgan fingerprint density at radius 2 is 1.75 bits per heavy atom. The number of carbonyl (C=O) groups is 3. The lowest BCUT2D eigenvalue weighted by Gasteiger charge is -2.68. The molecule has 2 fully saturated rings. The van der Waals surface area contributed by atoms with Gasteiger partial charge in [0.25, 0.3) is 0 Å². The number of aliphatic hydroxyl groups is 3. The average molecular weight is 757 g/mol. The Labute approximate surface area is 324 Å².